The summed E-state index contributed by atoms with van der Waals surface area (Å²) >= 11 is 3.47. The van der Waals surface area contributed by atoms with Gasteiger partial charge in [0, 0.05) is 67.8 Å². The van der Waals surface area contributed by atoms with Crippen LogP contribution in [0.2, 0.25) is 12.1 Å². The van der Waals surface area contributed by atoms with Crippen LogP contribution in [0.4, 0.5) is 0 Å². The molecule has 0 saturated carbocycles. The largest absolute Gasteiger partial charge is 0.500 e. The third-order valence-electron chi connectivity index (χ3n) is 4.48. The molecule has 0 aromatic rings. The molecule has 27 heavy (non-hydrogen) atoms. The third kappa shape index (κ3) is 8.58. The molecule has 0 N–H and O–H groups in total. The molecule has 0 aromatic heterocycles. The highest BCUT2D eigenvalue weighted by atomic mass is 79.9. The van der Waals surface area contributed by atoms with Gasteiger partial charge < -0.3 is 31.5 Å². The van der Waals surface area contributed by atoms with Crippen molar-refractivity contribution in [2.24, 2.45) is 0 Å². The van der Waals surface area contributed by atoms with Crippen molar-refractivity contribution in [2.75, 3.05) is 55.7 Å². The monoisotopic (exact) mass is 489 g/mol. The van der Waals surface area contributed by atoms with E-state index in [9.17, 15) is 4.79 Å². The Labute approximate surface area is 174 Å². The average molecular weight is 491 g/mol. The fourth-order valence-electron chi connectivity index (χ4n) is 2.78. The van der Waals surface area contributed by atoms with Gasteiger partial charge in [0.2, 0.25) is 5.91 Å². The molecule has 1 amide bonds. The van der Waals surface area contributed by atoms with Crippen molar-refractivity contribution in [3.05, 3.63) is 0 Å². The van der Waals surface area contributed by atoms with Crippen LogP contribution in [0.15, 0.2) is 0 Å². The Hall–Kier alpha value is 0.144. The van der Waals surface area contributed by atoms with Gasteiger partial charge in [-0.3, -0.25) is 4.79 Å². The van der Waals surface area contributed by atoms with Crippen LogP contribution in [-0.2, 0) is 31.4 Å². The predicted octanol–water partition coefficient (Wildman–Crippen LogP) is 2.52. The summed E-state index contributed by atoms with van der Waals surface area (Å²) in [7, 11) is 4.26. The van der Waals surface area contributed by atoms with Crippen LogP contribution in [0.5, 0.6) is 0 Å². The van der Waals surface area contributed by atoms with Crippen molar-refractivity contribution in [3.8, 4) is 0 Å². The lowest BCUT2D eigenvalue weighted by atomic mass is 10.1. The van der Waals surface area contributed by atoms with Gasteiger partial charge in [0.1, 0.15) is 0 Å². The lowest BCUT2D eigenvalue weighted by molar-refractivity contribution is -0.132. The number of rotatable bonds is 15. The summed E-state index contributed by atoms with van der Waals surface area (Å²) in [6.45, 7) is 4.86. The van der Waals surface area contributed by atoms with Gasteiger partial charge in [-0.2, -0.15) is 0 Å². The van der Waals surface area contributed by atoms with Crippen molar-refractivity contribution in [1.29, 1.82) is 0 Å². The molecule has 8 nitrogen and oxygen atoms in total. The smallest absolute Gasteiger partial charge is 0.377 e. The molecule has 0 rings (SSSR count). The molecular weight excluding hydrogens is 454 g/mol. The van der Waals surface area contributed by atoms with Crippen molar-refractivity contribution < 1.29 is 31.4 Å². The summed E-state index contributed by atoms with van der Waals surface area (Å²) in [6.07, 6.45) is 1.44. The third-order valence-corrected chi connectivity index (χ3v) is 10.5. The van der Waals surface area contributed by atoms with E-state index in [1.165, 1.54) is 0 Å². The van der Waals surface area contributed by atoms with E-state index in [1.807, 2.05) is 18.7 Å². The SMILES string of the molecule is CO[Si](CCCN(CCC[Si](OC)(OC)OC)C(=O)C(C)(C)Br)(OC)OC. The molecule has 0 radical (unpaired) electrons. The Balaban J connectivity index is 4.93. The minimum atomic E-state index is -2.65. The molecule has 0 fully saturated rings. The lowest BCUT2D eigenvalue weighted by Gasteiger charge is -2.31. The molecular formula is C16H36BrNO7Si2. The summed E-state index contributed by atoms with van der Waals surface area (Å²) in [5.41, 5.74) is 0. The zero-order valence-corrected chi connectivity index (χ0v) is 21.5. The number of hydrogen-bond donors (Lipinski definition) is 0. The maximum atomic E-state index is 12.8. The highest BCUT2D eigenvalue weighted by molar-refractivity contribution is 9.10. The van der Waals surface area contributed by atoms with Crippen molar-refractivity contribution in [3.63, 3.8) is 0 Å². The summed E-state index contributed by atoms with van der Waals surface area (Å²) in [5, 5.41) is 0. The topological polar surface area (TPSA) is 75.7 Å². The zero-order chi connectivity index (χ0) is 21.1. The van der Waals surface area contributed by atoms with Crippen molar-refractivity contribution >= 4 is 39.4 Å². The van der Waals surface area contributed by atoms with Crippen LogP contribution in [-0.4, -0.2) is 88.5 Å². The predicted molar refractivity (Wildman–Crippen MR) is 112 cm³/mol. The number of amides is 1. The van der Waals surface area contributed by atoms with Gasteiger partial charge >= 0.3 is 17.6 Å². The quantitative estimate of drug-likeness (QED) is 0.258. The summed E-state index contributed by atoms with van der Waals surface area (Å²) < 4.78 is 32.1. The normalized spacial score (nSPS) is 13.1. The first-order chi connectivity index (χ1) is 12.6. The van der Waals surface area contributed by atoms with E-state index < -0.39 is 21.9 Å². The minimum absolute atomic E-state index is 0.0292. The van der Waals surface area contributed by atoms with Crippen LogP contribution < -0.4 is 0 Å². The molecule has 0 atom stereocenters. The second-order valence-corrected chi connectivity index (χ2v) is 14.7. The van der Waals surface area contributed by atoms with Gasteiger partial charge in [0.15, 0.2) is 0 Å². The Morgan fingerprint density at radius 1 is 0.778 bits per heavy atom. The van der Waals surface area contributed by atoms with Gasteiger partial charge in [-0.25, -0.2) is 0 Å². The number of alkyl halides is 1. The van der Waals surface area contributed by atoms with Crippen molar-refractivity contribution in [2.45, 2.75) is 43.1 Å². The van der Waals surface area contributed by atoms with E-state index >= 15 is 0 Å². The average Bonchev–Trinajstić information content (AvgIpc) is 2.66. The summed E-state index contributed by atoms with van der Waals surface area (Å²) in [6, 6.07) is 1.27. The Morgan fingerprint density at radius 3 is 1.30 bits per heavy atom. The first kappa shape index (κ1) is 27.1. The van der Waals surface area contributed by atoms with Crippen LogP contribution >= 0.6 is 15.9 Å². The van der Waals surface area contributed by atoms with Gasteiger partial charge in [-0.15, -0.1) is 0 Å². The first-order valence-corrected chi connectivity index (χ1v) is 13.5. The van der Waals surface area contributed by atoms with Crippen molar-refractivity contribution in [1.82, 2.24) is 4.90 Å². The van der Waals surface area contributed by atoms with Gasteiger partial charge in [-0.1, -0.05) is 15.9 Å². The van der Waals surface area contributed by atoms with E-state index in [1.54, 1.807) is 42.7 Å². The molecule has 0 spiro atoms. The Bertz CT molecular complexity index is 387. The molecule has 0 aliphatic rings. The lowest BCUT2D eigenvalue weighted by Crippen LogP contribution is -2.47. The molecule has 0 aliphatic heterocycles. The Morgan fingerprint density at radius 2 is 1.07 bits per heavy atom. The first-order valence-electron chi connectivity index (χ1n) is 8.88. The summed E-state index contributed by atoms with van der Waals surface area (Å²) in [4.78, 5) is 14.6. The number of halogens is 1. The van der Waals surface area contributed by atoms with Gasteiger partial charge in [0.25, 0.3) is 0 Å². The fraction of sp³-hybridized carbons (Fsp3) is 0.938. The van der Waals surface area contributed by atoms with Crippen LogP contribution in [0, 0.1) is 0 Å². The number of carbonyl (C=O) groups is 1. The maximum Gasteiger partial charge on any atom is 0.500 e. The van der Waals surface area contributed by atoms with Gasteiger partial charge in [-0.05, 0) is 26.7 Å². The molecule has 11 heteroatoms. The number of carbonyl (C=O) groups excluding carboxylic acids is 1. The van der Waals surface area contributed by atoms with E-state index in [0.717, 1.165) is 12.8 Å². The van der Waals surface area contributed by atoms with Crippen LogP contribution in [0.3, 0.4) is 0 Å². The van der Waals surface area contributed by atoms with Gasteiger partial charge in [0.05, 0.1) is 4.32 Å². The van der Waals surface area contributed by atoms with E-state index in [0.29, 0.717) is 25.2 Å². The zero-order valence-electron chi connectivity index (χ0n) is 17.9. The van der Waals surface area contributed by atoms with Crippen LogP contribution in [0.1, 0.15) is 26.7 Å². The molecule has 162 valence electrons. The van der Waals surface area contributed by atoms with E-state index in [4.69, 9.17) is 26.6 Å². The molecule has 0 saturated heterocycles. The number of nitrogens with zero attached hydrogens (tertiary/aromatic N) is 1. The van der Waals surface area contributed by atoms with E-state index in [2.05, 4.69) is 15.9 Å². The standard InChI is InChI=1S/C16H36BrNO7Si2/c1-16(2,17)15(19)18(11-9-13-26(20-3,21-4)22-5)12-10-14-27(23-6,24-7)25-8/h9-14H2,1-8H3. The molecule has 0 unspecified atom stereocenters. The fourth-order valence-corrected chi connectivity index (χ4v) is 6.43. The minimum Gasteiger partial charge on any atom is -0.377 e. The number of hydrogen-bond acceptors (Lipinski definition) is 7. The summed E-state index contributed by atoms with van der Waals surface area (Å²) in [5.74, 6) is 0.0292. The molecule has 0 bridgehead atoms. The Kier molecular flexibility index (Phi) is 12.7. The highest BCUT2D eigenvalue weighted by Crippen LogP contribution is 2.23. The maximum absolute atomic E-state index is 12.8. The second kappa shape index (κ2) is 12.7. The highest BCUT2D eigenvalue weighted by Gasteiger charge is 2.39. The molecule has 0 aliphatic carbocycles. The second-order valence-electron chi connectivity index (χ2n) is 6.56. The van der Waals surface area contributed by atoms with Crippen LogP contribution in [0.25, 0.3) is 0 Å². The molecule has 0 aromatic carbocycles. The molecule has 0 heterocycles. The van der Waals surface area contributed by atoms with E-state index in [-0.39, 0.29) is 5.91 Å².